The van der Waals surface area contributed by atoms with E-state index in [1.54, 1.807) is 5.01 Å². The maximum absolute atomic E-state index is 14.3. The molecule has 0 saturated carbocycles. The molecule has 5 heteroatoms. The number of hydrogen-bond acceptors (Lipinski definition) is 3. The minimum atomic E-state index is -2.54. The average Bonchev–Trinajstić information content (AvgIpc) is 3.21. The van der Waals surface area contributed by atoms with Gasteiger partial charge in [-0.3, -0.25) is 4.79 Å². The van der Waals surface area contributed by atoms with Crippen molar-refractivity contribution in [3.8, 4) is 0 Å². The van der Waals surface area contributed by atoms with Crippen LogP contribution in [0.3, 0.4) is 0 Å². The summed E-state index contributed by atoms with van der Waals surface area (Å²) in [5.74, 6) is -0.0635. The molecule has 1 aliphatic heterocycles. The summed E-state index contributed by atoms with van der Waals surface area (Å²) in [6.45, 7) is -0.582. The van der Waals surface area contributed by atoms with E-state index in [2.05, 4.69) is 77.7 Å². The highest BCUT2D eigenvalue weighted by molar-refractivity contribution is 7.97. The number of benzene rings is 4. The van der Waals surface area contributed by atoms with Crippen molar-refractivity contribution in [1.29, 1.82) is 0 Å². The molecule has 0 saturated heterocycles. The Morgan fingerprint density at radius 1 is 0.657 bits per heavy atom. The van der Waals surface area contributed by atoms with Gasteiger partial charge in [-0.2, -0.15) is 10.1 Å². The number of rotatable bonds is 5. The van der Waals surface area contributed by atoms with E-state index < -0.39 is 6.89 Å². The Hall–Kier alpha value is -3.88. The number of anilines is 2. The molecule has 0 fully saturated rings. The van der Waals surface area contributed by atoms with Crippen LogP contribution < -0.4 is 25.8 Å². The second-order valence-electron chi connectivity index (χ2n) is 8.74. The first-order valence-electron chi connectivity index (χ1n) is 11.6. The third-order valence-electron chi connectivity index (χ3n) is 6.36. The number of nitrogens with zero attached hydrogens (tertiary/aromatic N) is 3. The Morgan fingerprint density at radius 3 is 1.60 bits per heavy atom. The molecule has 0 spiro atoms. The summed E-state index contributed by atoms with van der Waals surface area (Å²) in [5.41, 5.74) is 2.65. The molecule has 0 aromatic heterocycles. The fourth-order valence-corrected chi connectivity index (χ4v) is 9.16. The Labute approximate surface area is 207 Å². The van der Waals surface area contributed by atoms with Crippen LogP contribution in [-0.2, 0) is 4.79 Å². The van der Waals surface area contributed by atoms with Crippen molar-refractivity contribution in [3.63, 3.8) is 0 Å². The van der Waals surface area contributed by atoms with Gasteiger partial charge < -0.3 is 4.90 Å². The third kappa shape index (κ3) is 3.90. The van der Waals surface area contributed by atoms with E-state index in [-0.39, 0.29) is 5.91 Å². The van der Waals surface area contributed by atoms with Crippen LogP contribution in [0.1, 0.15) is 6.92 Å². The highest BCUT2D eigenvalue weighted by atomic mass is 31.2. The smallest absolute Gasteiger partial charge is 0.281 e. The molecule has 4 nitrogen and oxygen atoms in total. The predicted octanol–water partition coefficient (Wildman–Crippen LogP) is 4.64. The highest BCUT2D eigenvalue weighted by Gasteiger charge is 2.40. The lowest BCUT2D eigenvalue weighted by Gasteiger charge is -2.31. The summed E-state index contributed by atoms with van der Waals surface area (Å²) < 4.78 is 0. The Kier molecular flexibility index (Phi) is 6.15. The van der Waals surface area contributed by atoms with E-state index in [4.69, 9.17) is 5.10 Å². The van der Waals surface area contributed by atoms with E-state index in [0.717, 1.165) is 38.3 Å². The van der Waals surface area contributed by atoms with Crippen molar-refractivity contribution >= 4 is 51.1 Å². The van der Waals surface area contributed by atoms with Gasteiger partial charge in [0.05, 0.1) is 16.7 Å². The second-order valence-corrected chi connectivity index (χ2v) is 12.1. The molecule has 4 aromatic rings. The van der Waals surface area contributed by atoms with Gasteiger partial charge in [0.1, 0.15) is 0 Å². The molecule has 5 rings (SSSR count). The van der Waals surface area contributed by atoms with Gasteiger partial charge in [0.25, 0.3) is 5.91 Å². The van der Waals surface area contributed by atoms with Gasteiger partial charge in [0.15, 0.2) is 0 Å². The van der Waals surface area contributed by atoms with Crippen molar-refractivity contribution in [2.24, 2.45) is 5.10 Å². The minimum Gasteiger partial charge on any atom is -0.378 e. The molecular formula is C30H28N3OP. The van der Waals surface area contributed by atoms with Gasteiger partial charge in [-0.05, 0) is 54.0 Å². The predicted molar refractivity (Wildman–Crippen MR) is 152 cm³/mol. The average molecular weight is 478 g/mol. The molecular weight excluding hydrogens is 449 g/mol. The van der Waals surface area contributed by atoms with Gasteiger partial charge in [0.2, 0.25) is 0 Å². The van der Waals surface area contributed by atoms with Crippen molar-refractivity contribution < 1.29 is 4.79 Å². The number of carbonyl (C=O) groups is 1. The highest BCUT2D eigenvalue weighted by Crippen LogP contribution is 2.48. The number of para-hydroxylation sites is 1. The molecule has 0 atom stereocenters. The van der Waals surface area contributed by atoms with Crippen LogP contribution in [0, 0.1) is 0 Å². The topological polar surface area (TPSA) is 35.9 Å². The third-order valence-corrected chi connectivity index (χ3v) is 10.8. The number of carbonyl (C=O) groups excluding carboxylic acids is 1. The number of amides is 1. The van der Waals surface area contributed by atoms with E-state index in [9.17, 15) is 4.79 Å². The van der Waals surface area contributed by atoms with E-state index in [1.807, 2.05) is 63.5 Å². The zero-order valence-corrected chi connectivity index (χ0v) is 21.1. The minimum absolute atomic E-state index is 0.0635. The van der Waals surface area contributed by atoms with Gasteiger partial charge >= 0.3 is 0 Å². The van der Waals surface area contributed by atoms with Crippen molar-refractivity contribution in [1.82, 2.24) is 0 Å². The summed E-state index contributed by atoms with van der Waals surface area (Å²) in [4.78, 5) is 16.3. The first-order valence-corrected chi connectivity index (χ1v) is 13.4. The molecule has 35 heavy (non-hydrogen) atoms. The van der Waals surface area contributed by atoms with Crippen LogP contribution in [0.4, 0.5) is 11.4 Å². The van der Waals surface area contributed by atoms with Crippen LogP contribution in [0.2, 0.25) is 0 Å². The van der Waals surface area contributed by atoms with Crippen molar-refractivity contribution in [3.05, 3.63) is 115 Å². The SMILES string of the molecule is CC1=NN(c2ccccc2)C(=O)C1=P(c1ccccc1)(c1ccccc1)c1ccc(N(C)C)cc1. The standard InChI is InChI=1S/C30H28N3OP/c1-23-29(30(34)33(31-23)25-13-7-4-8-14-25)35(26-15-9-5-10-16-26,27-17-11-6-12-18-27)28-21-19-24(20-22-28)32(2)3/h4-22H,1-3H3. The molecule has 1 aliphatic rings. The molecule has 174 valence electrons. The number of hydrazone groups is 1. The first-order chi connectivity index (χ1) is 17.0. The molecule has 1 heterocycles. The Bertz CT molecular complexity index is 1380. The molecule has 1 amide bonds. The lowest BCUT2D eigenvalue weighted by molar-refractivity contribution is -0.112. The molecule has 4 aromatic carbocycles. The van der Waals surface area contributed by atoms with Crippen LogP contribution >= 0.6 is 6.89 Å². The quantitative estimate of drug-likeness (QED) is 0.393. The molecule has 0 bridgehead atoms. The van der Waals surface area contributed by atoms with E-state index in [0.29, 0.717) is 0 Å². The van der Waals surface area contributed by atoms with Crippen LogP contribution in [0.5, 0.6) is 0 Å². The molecule has 0 radical (unpaired) electrons. The fraction of sp³-hybridized carbons (Fsp3) is 0.100. The summed E-state index contributed by atoms with van der Waals surface area (Å²) in [6, 6.07) is 39.2. The fourth-order valence-electron chi connectivity index (χ4n) is 4.74. The monoisotopic (exact) mass is 477 g/mol. The normalized spacial score (nSPS) is 13.7. The van der Waals surface area contributed by atoms with Crippen LogP contribution in [-0.4, -0.2) is 31.0 Å². The first kappa shape index (κ1) is 22.9. The lowest BCUT2D eigenvalue weighted by atomic mass is 10.3. The van der Waals surface area contributed by atoms with Crippen molar-refractivity contribution in [2.75, 3.05) is 24.0 Å². The van der Waals surface area contributed by atoms with Crippen LogP contribution in [0.15, 0.2) is 120 Å². The molecule has 0 N–H and O–H groups in total. The summed E-state index contributed by atoms with van der Waals surface area (Å²) in [5, 5.41) is 10.5. The van der Waals surface area contributed by atoms with E-state index >= 15 is 0 Å². The zero-order valence-electron chi connectivity index (χ0n) is 20.2. The van der Waals surface area contributed by atoms with Gasteiger partial charge in [-0.1, -0.05) is 91.0 Å². The molecule has 0 aliphatic carbocycles. The maximum Gasteiger partial charge on any atom is 0.281 e. The van der Waals surface area contributed by atoms with Gasteiger partial charge in [-0.15, -0.1) is 0 Å². The summed E-state index contributed by atoms with van der Waals surface area (Å²) >= 11 is 0. The Morgan fingerprint density at radius 2 is 1.11 bits per heavy atom. The zero-order chi connectivity index (χ0) is 24.4. The van der Waals surface area contributed by atoms with Gasteiger partial charge in [-0.25, -0.2) is 0 Å². The van der Waals surface area contributed by atoms with E-state index in [1.165, 1.54) is 0 Å². The van der Waals surface area contributed by atoms with Crippen LogP contribution in [0.25, 0.3) is 0 Å². The lowest BCUT2D eigenvalue weighted by Crippen LogP contribution is -2.37. The molecule has 0 unspecified atom stereocenters. The number of hydrogen-bond donors (Lipinski definition) is 0. The summed E-state index contributed by atoms with van der Waals surface area (Å²) in [6.07, 6.45) is 0. The second kappa shape index (κ2) is 9.40. The largest absolute Gasteiger partial charge is 0.378 e. The van der Waals surface area contributed by atoms with Gasteiger partial charge in [0, 0.05) is 19.8 Å². The summed E-state index contributed by atoms with van der Waals surface area (Å²) in [7, 11) is 4.07. The Balaban J connectivity index is 1.90. The van der Waals surface area contributed by atoms with Crippen molar-refractivity contribution in [2.45, 2.75) is 6.92 Å². The maximum atomic E-state index is 14.3.